The molecule has 2 saturated heterocycles. The van der Waals surface area contributed by atoms with Crippen molar-refractivity contribution in [2.24, 2.45) is 11.8 Å². The highest BCUT2D eigenvalue weighted by Crippen LogP contribution is 2.41. The van der Waals surface area contributed by atoms with Crippen molar-refractivity contribution in [1.82, 2.24) is 9.80 Å². The van der Waals surface area contributed by atoms with Gasteiger partial charge in [-0.05, 0) is 30.7 Å². The average molecular weight is 413 g/mol. The first-order chi connectivity index (χ1) is 14.7. The number of amides is 1. The van der Waals surface area contributed by atoms with Crippen molar-refractivity contribution in [2.45, 2.75) is 83.3 Å². The maximum Gasteiger partial charge on any atom is 0.410 e. The number of rotatable bonds is 7. The average Bonchev–Trinajstić information content (AvgIpc) is 2.78. The van der Waals surface area contributed by atoms with E-state index in [0.29, 0.717) is 11.8 Å². The zero-order valence-electron chi connectivity index (χ0n) is 18.9. The van der Waals surface area contributed by atoms with E-state index < -0.39 is 0 Å². The molecule has 166 valence electrons. The summed E-state index contributed by atoms with van der Waals surface area (Å²) < 4.78 is 6.34. The van der Waals surface area contributed by atoms with E-state index >= 15 is 0 Å². The van der Waals surface area contributed by atoms with Gasteiger partial charge < -0.3 is 9.64 Å². The van der Waals surface area contributed by atoms with Crippen LogP contribution in [0.25, 0.3) is 0 Å². The van der Waals surface area contributed by atoms with Gasteiger partial charge in [-0.2, -0.15) is 0 Å². The Balaban J connectivity index is 1.38. The maximum absolute atomic E-state index is 13.0. The molecule has 1 saturated carbocycles. The fraction of sp³-hybridized carbons (Fsp3) is 0.731. The van der Waals surface area contributed by atoms with Crippen LogP contribution in [0, 0.1) is 11.8 Å². The molecule has 2 aliphatic heterocycles. The van der Waals surface area contributed by atoms with E-state index in [1.165, 1.54) is 56.9 Å². The Morgan fingerprint density at radius 3 is 2.50 bits per heavy atom. The molecule has 0 N–H and O–H groups in total. The van der Waals surface area contributed by atoms with E-state index in [1.807, 2.05) is 0 Å². The van der Waals surface area contributed by atoms with E-state index in [0.717, 1.165) is 45.6 Å². The van der Waals surface area contributed by atoms with Crippen molar-refractivity contribution in [3.63, 3.8) is 0 Å². The molecule has 3 aliphatic rings. The molecule has 0 radical (unpaired) electrons. The Labute approximate surface area is 183 Å². The molecular formula is C26H40N2O2. The predicted molar refractivity (Wildman–Crippen MR) is 121 cm³/mol. The topological polar surface area (TPSA) is 32.8 Å². The molecule has 30 heavy (non-hydrogen) atoms. The standard InChI is InChI=1S/C26H40N2O2/c1-2-3-14-24-21-28(20-23-12-8-5-9-13-23)25(29)30-26(24)15-17-27(18-16-26)19-22-10-6-4-7-11-22/h4,6-7,10-11,23-24H,2-3,5,8-9,12-21H2,1H3. The third-order valence-electron chi connectivity index (χ3n) is 7.79. The SMILES string of the molecule is CCCCC1CN(CC2CCCCC2)C(=O)OC12CCN(Cc1ccccc1)CC2. The molecule has 3 fully saturated rings. The van der Waals surface area contributed by atoms with Gasteiger partial charge in [-0.3, -0.25) is 4.90 Å². The number of likely N-dealkylation sites (tertiary alicyclic amines) is 1. The van der Waals surface area contributed by atoms with Gasteiger partial charge in [-0.25, -0.2) is 4.79 Å². The van der Waals surface area contributed by atoms with Gasteiger partial charge in [-0.1, -0.05) is 69.4 Å². The van der Waals surface area contributed by atoms with Crippen molar-refractivity contribution in [1.29, 1.82) is 0 Å². The third kappa shape index (κ3) is 5.19. The summed E-state index contributed by atoms with van der Waals surface area (Å²) in [6.45, 7) is 7.13. The number of carbonyl (C=O) groups excluding carboxylic acids is 1. The van der Waals surface area contributed by atoms with E-state index in [-0.39, 0.29) is 11.7 Å². The molecule has 2 heterocycles. The minimum atomic E-state index is -0.234. The monoisotopic (exact) mass is 412 g/mol. The second kappa shape index (κ2) is 10.2. The smallest absolute Gasteiger partial charge is 0.410 e. The Morgan fingerprint density at radius 1 is 1.07 bits per heavy atom. The fourth-order valence-electron chi connectivity index (χ4n) is 5.91. The molecule has 4 nitrogen and oxygen atoms in total. The zero-order valence-corrected chi connectivity index (χ0v) is 18.9. The van der Waals surface area contributed by atoms with Gasteiger partial charge in [0.1, 0.15) is 5.60 Å². The van der Waals surface area contributed by atoms with Crippen molar-refractivity contribution >= 4 is 6.09 Å². The molecular weight excluding hydrogens is 372 g/mol. The lowest BCUT2D eigenvalue weighted by molar-refractivity contribution is -0.123. The summed E-state index contributed by atoms with van der Waals surface area (Å²) in [6.07, 6.45) is 12.1. The highest BCUT2D eigenvalue weighted by molar-refractivity contribution is 5.69. The van der Waals surface area contributed by atoms with Gasteiger partial charge >= 0.3 is 6.09 Å². The Bertz CT molecular complexity index is 663. The molecule has 1 atom stereocenters. The van der Waals surface area contributed by atoms with Gasteiger partial charge in [0.15, 0.2) is 0 Å². The van der Waals surface area contributed by atoms with E-state index in [1.54, 1.807) is 0 Å². The molecule has 1 aliphatic carbocycles. The number of piperidine rings is 1. The first-order valence-corrected chi connectivity index (χ1v) is 12.4. The summed E-state index contributed by atoms with van der Waals surface area (Å²) in [5, 5.41) is 0. The normalized spacial score (nSPS) is 25.4. The largest absolute Gasteiger partial charge is 0.442 e. The van der Waals surface area contributed by atoms with Crippen LogP contribution in [0.15, 0.2) is 30.3 Å². The number of carbonyl (C=O) groups is 1. The maximum atomic E-state index is 13.0. The summed E-state index contributed by atoms with van der Waals surface area (Å²) in [6, 6.07) is 10.7. The van der Waals surface area contributed by atoms with Crippen LogP contribution in [0.2, 0.25) is 0 Å². The van der Waals surface area contributed by atoms with Crippen LogP contribution in [0.1, 0.15) is 76.7 Å². The van der Waals surface area contributed by atoms with Crippen LogP contribution < -0.4 is 0 Å². The number of nitrogens with zero attached hydrogens (tertiary/aromatic N) is 2. The third-order valence-corrected chi connectivity index (χ3v) is 7.79. The van der Waals surface area contributed by atoms with Gasteiger partial charge in [0.25, 0.3) is 0 Å². The molecule has 1 unspecified atom stereocenters. The van der Waals surface area contributed by atoms with Crippen molar-refractivity contribution in [3.05, 3.63) is 35.9 Å². The van der Waals surface area contributed by atoms with Crippen LogP contribution in [0.4, 0.5) is 4.79 Å². The molecule has 0 aromatic heterocycles. The predicted octanol–water partition coefficient (Wildman–Crippen LogP) is 5.86. The highest BCUT2D eigenvalue weighted by Gasteiger charge is 2.49. The van der Waals surface area contributed by atoms with Crippen LogP contribution in [-0.2, 0) is 11.3 Å². The summed E-state index contributed by atoms with van der Waals surface area (Å²) >= 11 is 0. The first kappa shape index (κ1) is 21.7. The van der Waals surface area contributed by atoms with Crippen LogP contribution in [0.5, 0.6) is 0 Å². The zero-order chi connectivity index (χ0) is 20.8. The molecule has 1 aromatic carbocycles. The van der Waals surface area contributed by atoms with Gasteiger partial charge in [0, 0.05) is 51.5 Å². The number of unbranched alkanes of at least 4 members (excludes halogenated alkanes) is 1. The number of hydrogen-bond acceptors (Lipinski definition) is 3. The number of hydrogen-bond donors (Lipinski definition) is 0. The number of ether oxygens (including phenoxy) is 1. The van der Waals surface area contributed by atoms with E-state index in [2.05, 4.69) is 47.1 Å². The summed E-state index contributed by atoms with van der Waals surface area (Å²) in [5.74, 6) is 1.16. The van der Waals surface area contributed by atoms with Crippen molar-refractivity contribution < 1.29 is 9.53 Å². The first-order valence-electron chi connectivity index (χ1n) is 12.4. The molecule has 1 aromatic rings. The fourth-order valence-corrected chi connectivity index (χ4v) is 5.91. The Hall–Kier alpha value is -1.55. The number of benzene rings is 1. The van der Waals surface area contributed by atoms with E-state index in [9.17, 15) is 4.79 Å². The molecule has 4 rings (SSSR count). The quantitative estimate of drug-likeness (QED) is 0.562. The highest BCUT2D eigenvalue weighted by atomic mass is 16.6. The van der Waals surface area contributed by atoms with Gasteiger partial charge in [0.2, 0.25) is 0 Å². The lowest BCUT2D eigenvalue weighted by atomic mass is 9.75. The van der Waals surface area contributed by atoms with Crippen LogP contribution in [-0.4, -0.2) is 47.7 Å². The Morgan fingerprint density at radius 2 is 1.80 bits per heavy atom. The van der Waals surface area contributed by atoms with Crippen LogP contribution >= 0.6 is 0 Å². The van der Waals surface area contributed by atoms with E-state index in [4.69, 9.17) is 4.74 Å². The minimum absolute atomic E-state index is 0.0372. The Kier molecular flexibility index (Phi) is 7.35. The second-order valence-electron chi connectivity index (χ2n) is 9.94. The van der Waals surface area contributed by atoms with Crippen molar-refractivity contribution in [2.75, 3.05) is 26.2 Å². The molecule has 4 heteroatoms. The summed E-state index contributed by atoms with van der Waals surface area (Å²) in [7, 11) is 0. The minimum Gasteiger partial charge on any atom is -0.442 e. The van der Waals surface area contributed by atoms with Gasteiger partial charge in [-0.15, -0.1) is 0 Å². The second-order valence-corrected chi connectivity index (χ2v) is 9.94. The van der Waals surface area contributed by atoms with Crippen molar-refractivity contribution in [3.8, 4) is 0 Å². The van der Waals surface area contributed by atoms with Crippen LogP contribution in [0.3, 0.4) is 0 Å². The molecule has 0 bridgehead atoms. The lowest BCUT2D eigenvalue weighted by Gasteiger charge is -2.51. The summed E-state index contributed by atoms with van der Waals surface area (Å²) in [4.78, 5) is 17.6. The molecule has 1 amide bonds. The lowest BCUT2D eigenvalue weighted by Crippen LogP contribution is -2.60. The molecule has 1 spiro atoms. The van der Waals surface area contributed by atoms with Gasteiger partial charge in [0.05, 0.1) is 0 Å². The summed E-state index contributed by atoms with van der Waals surface area (Å²) in [5.41, 5.74) is 1.14.